The summed E-state index contributed by atoms with van der Waals surface area (Å²) in [5.74, 6) is 0.0102. The molecule has 0 aromatic heterocycles. The maximum absolute atomic E-state index is 12.5. The Morgan fingerprint density at radius 3 is 2.42 bits per heavy atom. The van der Waals surface area contributed by atoms with E-state index in [1.54, 1.807) is 4.90 Å². The fourth-order valence-electron chi connectivity index (χ4n) is 2.14. The lowest BCUT2D eigenvalue weighted by atomic mass is 10.1. The molecule has 0 atom stereocenters. The van der Waals surface area contributed by atoms with Gasteiger partial charge in [0.15, 0.2) is 0 Å². The molecule has 0 aliphatic rings. The highest BCUT2D eigenvalue weighted by atomic mass is 16.2. The van der Waals surface area contributed by atoms with E-state index in [1.165, 1.54) is 0 Å². The van der Waals surface area contributed by atoms with Gasteiger partial charge in [-0.05, 0) is 49.7 Å². The molecule has 0 unspecified atom stereocenters. The van der Waals surface area contributed by atoms with Gasteiger partial charge in [-0.1, -0.05) is 18.2 Å². The second kappa shape index (κ2) is 5.57. The Balaban J connectivity index is 2.37. The summed E-state index contributed by atoms with van der Waals surface area (Å²) >= 11 is 0. The molecule has 0 heterocycles. The molecule has 1 amide bonds. The van der Waals surface area contributed by atoms with Crippen LogP contribution in [0.25, 0.3) is 0 Å². The largest absolute Gasteiger partial charge is 0.399 e. The zero-order valence-corrected chi connectivity index (χ0v) is 11.3. The van der Waals surface area contributed by atoms with Crippen LogP contribution >= 0.6 is 0 Å². The monoisotopic (exact) mass is 254 g/mol. The van der Waals surface area contributed by atoms with Crippen molar-refractivity contribution in [3.05, 3.63) is 59.7 Å². The van der Waals surface area contributed by atoms with Crippen LogP contribution in [0, 0.1) is 6.92 Å². The Hall–Kier alpha value is -2.29. The molecule has 0 aliphatic heterocycles. The standard InChI is InChI=1S/C16H18N2O/c1-3-18(15-10-9-14(17)11-12(15)2)16(19)13-7-5-4-6-8-13/h4-11H,3,17H2,1-2H3. The summed E-state index contributed by atoms with van der Waals surface area (Å²) in [7, 11) is 0. The van der Waals surface area contributed by atoms with Crippen LogP contribution in [0.5, 0.6) is 0 Å². The Kier molecular flexibility index (Phi) is 3.85. The van der Waals surface area contributed by atoms with Crippen LogP contribution < -0.4 is 10.6 Å². The minimum absolute atomic E-state index is 0.0102. The topological polar surface area (TPSA) is 46.3 Å². The van der Waals surface area contributed by atoms with E-state index in [1.807, 2.05) is 62.4 Å². The Labute approximate surface area is 113 Å². The van der Waals surface area contributed by atoms with Crippen molar-refractivity contribution in [1.29, 1.82) is 0 Å². The molecule has 0 bridgehead atoms. The van der Waals surface area contributed by atoms with E-state index < -0.39 is 0 Å². The van der Waals surface area contributed by atoms with Crippen molar-refractivity contribution in [2.45, 2.75) is 13.8 Å². The number of hydrogen-bond acceptors (Lipinski definition) is 2. The lowest BCUT2D eigenvalue weighted by molar-refractivity contribution is 0.0988. The number of anilines is 2. The van der Waals surface area contributed by atoms with Crippen LogP contribution in [-0.4, -0.2) is 12.5 Å². The normalized spacial score (nSPS) is 10.2. The summed E-state index contributed by atoms with van der Waals surface area (Å²) in [6.07, 6.45) is 0. The first-order valence-electron chi connectivity index (χ1n) is 6.36. The van der Waals surface area contributed by atoms with Gasteiger partial charge in [0, 0.05) is 23.5 Å². The summed E-state index contributed by atoms with van der Waals surface area (Å²) in [5.41, 5.74) is 9.07. The number of amides is 1. The molecule has 0 fully saturated rings. The average molecular weight is 254 g/mol. The van der Waals surface area contributed by atoms with Gasteiger partial charge in [-0.3, -0.25) is 4.79 Å². The van der Waals surface area contributed by atoms with Crippen LogP contribution in [0.2, 0.25) is 0 Å². The van der Waals surface area contributed by atoms with E-state index in [-0.39, 0.29) is 5.91 Å². The third-order valence-corrected chi connectivity index (χ3v) is 3.09. The fraction of sp³-hybridized carbons (Fsp3) is 0.188. The van der Waals surface area contributed by atoms with E-state index in [0.29, 0.717) is 17.8 Å². The number of carbonyl (C=O) groups excluding carboxylic acids is 1. The quantitative estimate of drug-likeness (QED) is 0.855. The second-order valence-electron chi connectivity index (χ2n) is 4.46. The number of nitrogens with two attached hydrogens (primary N) is 1. The molecule has 2 rings (SSSR count). The van der Waals surface area contributed by atoms with Crippen molar-refractivity contribution in [3.63, 3.8) is 0 Å². The van der Waals surface area contributed by atoms with Crippen LogP contribution in [0.4, 0.5) is 11.4 Å². The highest BCUT2D eigenvalue weighted by Crippen LogP contribution is 2.23. The first-order valence-corrected chi connectivity index (χ1v) is 6.36. The van der Waals surface area contributed by atoms with Crippen molar-refractivity contribution >= 4 is 17.3 Å². The highest BCUT2D eigenvalue weighted by Gasteiger charge is 2.17. The van der Waals surface area contributed by atoms with Gasteiger partial charge in [0.2, 0.25) is 0 Å². The van der Waals surface area contributed by atoms with Crippen molar-refractivity contribution < 1.29 is 4.79 Å². The summed E-state index contributed by atoms with van der Waals surface area (Å²) in [4.78, 5) is 14.3. The molecule has 0 spiro atoms. The van der Waals surface area contributed by atoms with Gasteiger partial charge < -0.3 is 10.6 Å². The molecular weight excluding hydrogens is 236 g/mol. The van der Waals surface area contributed by atoms with Crippen molar-refractivity contribution in [1.82, 2.24) is 0 Å². The Morgan fingerprint density at radius 2 is 1.84 bits per heavy atom. The van der Waals surface area contributed by atoms with Gasteiger partial charge in [-0.2, -0.15) is 0 Å². The number of benzene rings is 2. The first kappa shape index (κ1) is 13.1. The molecular formula is C16H18N2O. The Morgan fingerprint density at radius 1 is 1.16 bits per heavy atom. The lowest BCUT2D eigenvalue weighted by Gasteiger charge is -2.23. The van der Waals surface area contributed by atoms with Crippen molar-refractivity contribution in [3.8, 4) is 0 Å². The third kappa shape index (κ3) is 2.76. The maximum atomic E-state index is 12.5. The van der Waals surface area contributed by atoms with Crippen LogP contribution in [0.1, 0.15) is 22.8 Å². The van der Waals surface area contributed by atoms with E-state index in [4.69, 9.17) is 5.73 Å². The predicted octanol–water partition coefficient (Wildman–Crippen LogP) is 3.24. The molecule has 19 heavy (non-hydrogen) atoms. The lowest BCUT2D eigenvalue weighted by Crippen LogP contribution is -2.31. The number of aryl methyl sites for hydroxylation is 1. The van der Waals surface area contributed by atoms with Crippen LogP contribution in [-0.2, 0) is 0 Å². The number of carbonyl (C=O) groups is 1. The number of nitrogen functional groups attached to an aromatic ring is 1. The molecule has 0 aliphatic carbocycles. The van der Waals surface area contributed by atoms with E-state index in [9.17, 15) is 4.79 Å². The molecule has 0 radical (unpaired) electrons. The maximum Gasteiger partial charge on any atom is 0.258 e. The van der Waals surface area contributed by atoms with Gasteiger partial charge in [0.1, 0.15) is 0 Å². The molecule has 3 heteroatoms. The summed E-state index contributed by atoms with van der Waals surface area (Å²) in [6.45, 7) is 4.56. The average Bonchev–Trinajstić information content (AvgIpc) is 2.42. The second-order valence-corrected chi connectivity index (χ2v) is 4.46. The summed E-state index contributed by atoms with van der Waals surface area (Å²) in [5, 5.41) is 0. The van der Waals surface area contributed by atoms with E-state index >= 15 is 0 Å². The fourth-order valence-corrected chi connectivity index (χ4v) is 2.14. The van der Waals surface area contributed by atoms with Gasteiger partial charge in [-0.25, -0.2) is 0 Å². The summed E-state index contributed by atoms with van der Waals surface area (Å²) in [6, 6.07) is 14.9. The molecule has 0 saturated heterocycles. The molecule has 3 nitrogen and oxygen atoms in total. The van der Waals surface area contributed by atoms with Crippen LogP contribution in [0.3, 0.4) is 0 Å². The summed E-state index contributed by atoms with van der Waals surface area (Å²) < 4.78 is 0. The van der Waals surface area contributed by atoms with Gasteiger partial charge in [0.05, 0.1) is 0 Å². The van der Waals surface area contributed by atoms with E-state index in [2.05, 4.69) is 0 Å². The predicted molar refractivity (Wildman–Crippen MR) is 79.4 cm³/mol. The minimum Gasteiger partial charge on any atom is -0.399 e. The van der Waals surface area contributed by atoms with Crippen molar-refractivity contribution in [2.75, 3.05) is 17.2 Å². The van der Waals surface area contributed by atoms with E-state index in [0.717, 1.165) is 11.3 Å². The number of hydrogen-bond donors (Lipinski definition) is 1. The Bertz CT molecular complexity index is 579. The minimum atomic E-state index is 0.0102. The molecule has 98 valence electrons. The molecule has 2 aromatic rings. The SMILES string of the molecule is CCN(C(=O)c1ccccc1)c1ccc(N)cc1C. The number of rotatable bonds is 3. The molecule has 0 saturated carbocycles. The highest BCUT2D eigenvalue weighted by molar-refractivity contribution is 6.06. The zero-order chi connectivity index (χ0) is 13.8. The number of nitrogens with zero attached hydrogens (tertiary/aromatic N) is 1. The van der Waals surface area contributed by atoms with Gasteiger partial charge in [0.25, 0.3) is 5.91 Å². The smallest absolute Gasteiger partial charge is 0.258 e. The molecule has 2 N–H and O–H groups in total. The van der Waals surface area contributed by atoms with Crippen molar-refractivity contribution in [2.24, 2.45) is 0 Å². The first-order chi connectivity index (χ1) is 9.13. The van der Waals surface area contributed by atoms with Crippen LogP contribution in [0.15, 0.2) is 48.5 Å². The zero-order valence-electron chi connectivity index (χ0n) is 11.3. The third-order valence-electron chi connectivity index (χ3n) is 3.09. The molecule has 2 aromatic carbocycles. The van der Waals surface area contributed by atoms with Gasteiger partial charge >= 0.3 is 0 Å². The van der Waals surface area contributed by atoms with Gasteiger partial charge in [-0.15, -0.1) is 0 Å².